The average molecular weight is 403 g/mol. The van der Waals surface area contributed by atoms with Gasteiger partial charge in [-0.3, -0.25) is 14.4 Å². The molecule has 162 valence electrons. The second-order valence-corrected chi connectivity index (χ2v) is 8.83. The van der Waals surface area contributed by atoms with E-state index in [1.807, 2.05) is 13.8 Å². The van der Waals surface area contributed by atoms with E-state index in [0.29, 0.717) is 38.5 Å². The monoisotopic (exact) mass is 402 g/mol. The smallest absolute Gasteiger partial charge is 0.307 e. The van der Waals surface area contributed by atoms with Crippen molar-refractivity contribution >= 4 is 17.5 Å². The molecular weight excluding hydrogens is 366 g/mol. The van der Waals surface area contributed by atoms with E-state index in [1.54, 1.807) is 0 Å². The lowest BCUT2D eigenvalue weighted by molar-refractivity contribution is -0.151. The summed E-state index contributed by atoms with van der Waals surface area (Å²) in [6, 6.07) is 0. The molecule has 1 aliphatic rings. The van der Waals surface area contributed by atoms with Crippen LogP contribution in [0.1, 0.15) is 91.4 Å². The Hall–Kier alpha value is -1.33. The summed E-state index contributed by atoms with van der Waals surface area (Å²) in [7, 11) is 0. The van der Waals surface area contributed by atoms with E-state index >= 15 is 0 Å². The molecule has 0 amide bonds. The molecule has 3 atom stereocenters. The number of hydrogen-bond donors (Lipinski definition) is 1. The highest BCUT2D eigenvalue weighted by Crippen LogP contribution is 2.38. The molecule has 0 saturated heterocycles. The van der Waals surface area contributed by atoms with Gasteiger partial charge in [-0.25, -0.2) is 0 Å². The van der Waals surface area contributed by atoms with E-state index in [0.717, 1.165) is 19.3 Å². The summed E-state index contributed by atoms with van der Waals surface area (Å²) >= 11 is 0. The van der Waals surface area contributed by atoms with Crippen molar-refractivity contribution < 1.29 is 28.3 Å². The summed E-state index contributed by atoms with van der Waals surface area (Å²) in [6.45, 7) is 5.17. The summed E-state index contributed by atoms with van der Waals surface area (Å²) in [5.41, 5.74) is 0. The minimum Gasteiger partial charge on any atom is -0.481 e. The fourth-order valence-electron chi connectivity index (χ4n) is 4.33. The maximum absolute atomic E-state index is 14.3. The maximum atomic E-state index is 14.3. The molecule has 4 nitrogen and oxygen atoms in total. The molecule has 0 aliphatic heterocycles. The summed E-state index contributed by atoms with van der Waals surface area (Å²) < 4.78 is 28.7. The number of Topliss-reactive ketones (excluding diaryl/α,β-unsaturated/α-hetero) is 2. The normalized spacial score (nSPS) is 21.3. The summed E-state index contributed by atoms with van der Waals surface area (Å²) in [6.07, 6.45) is 5.69. The molecule has 0 aromatic carbocycles. The zero-order valence-corrected chi connectivity index (χ0v) is 17.5. The molecule has 1 aliphatic carbocycles. The molecule has 1 N–H and O–H groups in total. The lowest BCUT2D eigenvalue weighted by Gasteiger charge is -2.25. The van der Waals surface area contributed by atoms with Crippen molar-refractivity contribution in [2.75, 3.05) is 0 Å². The number of carbonyl (C=O) groups excluding carboxylic acids is 2. The third-order valence-corrected chi connectivity index (χ3v) is 5.96. The van der Waals surface area contributed by atoms with Crippen molar-refractivity contribution in [2.45, 2.75) is 97.3 Å². The predicted octanol–water partition coefficient (Wildman–Crippen LogP) is 5.67. The van der Waals surface area contributed by atoms with Gasteiger partial charge < -0.3 is 5.11 Å². The first-order valence-electron chi connectivity index (χ1n) is 10.7. The van der Waals surface area contributed by atoms with Crippen molar-refractivity contribution in [1.82, 2.24) is 0 Å². The number of carboxylic acids is 1. The standard InChI is InChI=1S/C22H36F2O4/c1-15(2)14-16(3)22(23,24)20(26)13-11-17-10-12-19(25)18(17)8-6-4-5-7-9-21(27)28/h15-18H,4-14H2,1-3H3,(H,27,28)/t16-,17+,18?/m0/s1. The van der Waals surface area contributed by atoms with Crippen LogP contribution in [0, 0.1) is 23.7 Å². The SMILES string of the molecule is CC(C)C[C@H](C)C(F)(F)C(=O)CC[C@H]1CCC(=O)C1CCCCCCC(=O)O. The Morgan fingerprint density at radius 1 is 1.07 bits per heavy atom. The number of aliphatic carboxylic acids is 1. The third-order valence-electron chi connectivity index (χ3n) is 5.96. The summed E-state index contributed by atoms with van der Waals surface area (Å²) in [4.78, 5) is 34.8. The van der Waals surface area contributed by atoms with Crippen molar-refractivity contribution in [1.29, 1.82) is 0 Å². The van der Waals surface area contributed by atoms with Crippen LogP contribution in [0.2, 0.25) is 0 Å². The van der Waals surface area contributed by atoms with Crippen LogP contribution in [-0.4, -0.2) is 28.6 Å². The van der Waals surface area contributed by atoms with Gasteiger partial charge >= 0.3 is 11.9 Å². The number of ketones is 2. The van der Waals surface area contributed by atoms with Crippen LogP contribution in [0.25, 0.3) is 0 Å². The molecule has 1 saturated carbocycles. The average Bonchev–Trinajstić information content (AvgIpc) is 2.94. The first-order valence-corrected chi connectivity index (χ1v) is 10.7. The van der Waals surface area contributed by atoms with Crippen LogP contribution < -0.4 is 0 Å². The van der Waals surface area contributed by atoms with Gasteiger partial charge in [0, 0.05) is 31.1 Å². The molecule has 0 spiro atoms. The van der Waals surface area contributed by atoms with Crippen LogP contribution in [0.15, 0.2) is 0 Å². The van der Waals surface area contributed by atoms with Gasteiger partial charge in [0.2, 0.25) is 5.78 Å². The van der Waals surface area contributed by atoms with E-state index < -0.39 is 23.6 Å². The van der Waals surface area contributed by atoms with Crippen molar-refractivity contribution in [3.63, 3.8) is 0 Å². The molecule has 6 heteroatoms. The van der Waals surface area contributed by atoms with Crippen LogP contribution in [0.4, 0.5) is 8.78 Å². The van der Waals surface area contributed by atoms with Crippen molar-refractivity contribution in [3.8, 4) is 0 Å². The fraction of sp³-hybridized carbons (Fsp3) is 0.864. The lowest BCUT2D eigenvalue weighted by Crippen LogP contribution is -2.36. The molecule has 28 heavy (non-hydrogen) atoms. The first-order chi connectivity index (χ1) is 13.1. The minimum atomic E-state index is -3.30. The zero-order chi connectivity index (χ0) is 21.3. The van der Waals surface area contributed by atoms with Gasteiger partial charge in [0.1, 0.15) is 5.78 Å². The fourth-order valence-corrected chi connectivity index (χ4v) is 4.33. The number of unbranched alkanes of at least 4 members (excludes halogenated alkanes) is 3. The van der Waals surface area contributed by atoms with Gasteiger partial charge in [-0.1, -0.05) is 40.0 Å². The Morgan fingerprint density at radius 2 is 1.71 bits per heavy atom. The number of hydrogen-bond acceptors (Lipinski definition) is 3. The molecule has 1 unspecified atom stereocenters. The highest BCUT2D eigenvalue weighted by Gasteiger charge is 2.44. The predicted molar refractivity (Wildman–Crippen MR) is 104 cm³/mol. The number of alkyl halides is 2. The Balaban J connectivity index is 2.43. The molecular formula is C22H36F2O4. The summed E-state index contributed by atoms with van der Waals surface area (Å²) in [5, 5.41) is 8.62. The Labute approximate surface area is 167 Å². The lowest BCUT2D eigenvalue weighted by atomic mass is 9.84. The van der Waals surface area contributed by atoms with E-state index in [4.69, 9.17) is 5.11 Å². The number of rotatable bonds is 14. The highest BCUT2D eigenvalue weighted by molar-refractivity contribution is 5.86. The van der Waals surface area contributed by atoms with Gasteiger partial charge in [0.25, 0.3) is 0 Å². The van der Waals surface area contributed by atoms with Gasteiger partial charge in [0.15, 0.2) is 0 Å². The Morgan fingerprint density at radius 3 is 2.32 bits per heavy atom. The highest BCUT2D eigenvalue weighted by atomic mass is 19.3. The quantitative estimate of drug-likeness (QED) is 0.380. The van der Waals surface area contributed by atoms with E-state index in [9.17, 15) is 23.2 Å². The number of carboxylic acid groups (broad SMARTS) is 1. The van der Waals surface area contributed by atoms with Gasteiger partial charge in [-0.05, 0) is 43.9 Å². The van der Waals surface area contributed by atoms with E-state index in [1.165, 1.54) is 6.92 Å². The Bertz CT molecular complexity index is 531. The van der Waals surface area contributed by atoms with Gasteiger partial charge in [-0.15, -0.1) is 0 Å². The first kappa shape index (κ1) is 24.7. The van der Waals surface area contributed by atoms with Crippen LogP contribution in [0.5, 0.6) is 0 Å². The number of halogens is 2. The molecule has 0 aromatic heterocycles. The van der Waals surface area contributed by atoms with Crippen molar-refractivity contribution in [2.24, 2.45) is 23.7 Å². The van der Waals surface area contributed by atoms with Gasteiger partial charge in [0.05, 0.1) is 0 Å². The van der Waals surface area contributed by atoms with Crippen molar-refractivity contribution in [3.05, 3.63) is 0 Å². The van der Waals surface area contributed by atoms with E-state index in [2.05, 4.69) is 0 Å². The van der Waals surface area contributed by atoms with Crippen LogP contribution in [-0.2, 0) is 14.4 Å². The van der Waals surface area contributed by atoms with Crippen LogP contribution >= 0.6 is 0 Å². The molecule has 0 heterocycles. The van der Waals surface area contributed by atoms with Gasteiger partial charge in [-0.2, -0.15) is 8.78 Å². The third kappa shape index (κ3) is 7.96. The number of carbonyl (C=O) groups is 3. The molecule has 0 radical (unpaired) electrons. The summed E-state index contributed by atoms with van der Waals surface area (Å²) in [5.74, 6) is -5.87. The van der Waals surface area contributed by atoms with E-state index in [-0.39, 0.29) is 36.4 Å². The molecule has 1 fully saturated rings. The largest absolute Gasteiger partial charge is 0.481 e. The minimum absolute atomic E-state index is 0.0201. The zero-order valence-electron chi connectivity index (χ0n) is 17.5. The second-order valence-electron chi connectivity index (χ2n) is 8.83. The topological polar surface area (TPSA) is 71.4 Å². The molecule has 0 aromatic rings. The Kier molecular flexibility index (Phi) is 10.3. The second kappa shape index (κ2) is 11.6. The molecule has 1 rings (SSSR count). The molecule has 0 bridgehead atoms. The van der Waals surface area contributed by atoms with Crippen LogP contribution in [0.3, 0.4) is 0 Å². The maximum Gasteiger partial charge on any atom is 0.307 e.